The summed E-state index contributed by atoms with van der Waals surface area (Å²) in [6.07, 6.45) is 0.922. The molecule has 0 aliphatic carbocycles. The molecule has 0 N–H and O–H groups in total. The molecular formula is C23H25N5O. The monoisotopic (exact) mass is 387 g/mol. The van der Waals surface area contributed by atoms with Crippen molar-refractivity contribution in [3.8, 4) is 0 Å². The zero-order valence-corrected chi connectivity index (χ0v) is 16.6. The molecule has 0 atom stereocenters. The Morgan fingerprint density at radius 1 is 0.931 bits per heavy atom. The van der Waals surface area contributed by atoms with E-state index in [1.807, 2.05) is 49.4 Å². The van der Waals surface area contributed by atoms with Crippen molar-refractivity contribution in [1.82, 2.24) is 14.9 Å². The van der Waals surface area contributed by atoms with Crippen LogP contribution in [0.2, 0.25) is 0 Å². The van der Waals surface area contributed by atoms with Crippen molar-refractivity contribution in [2.45, 2.75) is 13.5 Å². The van der Waals surface area contributed by atoms with E-state index in [0.717, 1.165) is 36.7 Å². The summed E-state index contributed by atoms with van der Waals surface area (Å²) in [5, 5.41) is 0. The van der Waals surface area contributed by atoms with E-state index >= 15 is 0 Å². The minimum absolute atomic E-state index is 0.687. The van der Waals surface area contributed by atoms with Gasteiger partial charge in [-0.3, -0.25) is 4.79 Å². The maximum atomic E-state index is 11.0. The lowest BCUT2D eigenvalue weighted by Gasteiger charge is -2.34. The molecule has 3 aromatic rings. The molecule has 0 unspecified atom stereocenters. The minimum Gasteiger partial charge on any atom is -0.353 e. The molecule has 0 radical (unpaired) electrons. The van der Waals surface area contributed by atoms with Crippen molar-refractivity contribution in [2.24, 2.45) is 0 Å². The molecule has 0 spiro atoms. The van der Waals surface area contributed by atoms with Gasteiger partial charge in [0.15, 0.2) is 0 Å². The quantitative estimate of drug-likeness (QED) is 0.607. The van der Waals surface area contributed by atoms with Gasteiger partial charge in [-0.1, -0.05) is 48.5 Å². The third kappa shape index (κ3) is 4.54. The Balaban J connectivity index is 1.67. The number of piperazine rings is 1. The number of nitrogens with zero attached hydrogens (tertiary/aromatic N) is 5. The minimum atomic E-state index is 0.687. The van der Waals surface area contributed by atoms with Crippen LogP contribution in [0.1, 0.15) is 11.3 Å². The molecule has 2 aromatic carbocycles. The van der Waals surface area contributed by atoms with Gasteiger partial charge in [-0.05, 0) is 24.6 Å². The van der Waals surface area contributed by atoms with Crippen molar-refractivity contribution in [1.29, 1.82) is 0 Å². The largest absolute Gasteiger partial charge is 0.353 e. The number of aryl methyl sites for hydroxylation is 1. The van der Waals surface area contributed by atoms with Crippen LogP contribution in [0.25, 0.3) is 0 Å². The third-order valence-electron chi connectivity index (χ3n) is 5.11. The Bertz CT molecular complexity index is 940. The SMILES string of the molecule is Cc1cc(N2CCN(C=O)CC2)nc(N(Cc2ccccc2)c2ccccc2)n1. The fourth-order valence-corrected chi connectivity index (χ4v) is 3.53. The first-order valence-electron chi connectivity index (χ1n) is 9.89. The van der Waals surface area contributed by atoms with Crippen LogP contribution in [0, 0.1) is 6.92 Å². The van der Waals surface area contributed by atoms with Crippen molar-refractivity contribution >= 4 is 23.9 Å². The normalized spacial score (nSPS) is 14.0. The molecule has 1 saturated heterocycles. The average Bonchev–Trinajstić information content (AvgIpc) is 2.78. The first-order chi connectivity index (χ1) is 14.2. The van der Waals surface area contributed by atoms with E-state index in [2.05, 4.69) is 34.1 Å². The number of hydrogen-bond donors (Lipinski definition) is 0. The summed E-state index contributed by atoms with van der Waals surface area (Å²) in [5.74, 6) is 1.60. The summed E-state index contributed by atoms with van der Waals surface area (Å²) in [5.41, 5.74) is 3.18. The number of carbonyl (C=O) groups is 1. The molecule has 1 aliphatic rings. The highest BCUT2D eigenvalue weighted by Gasteiger charge is 2.20. The van der Waals surface area contributed by atoms with Gasteiger partial charge in [-0.15, -0.1) is 0 Å². The molecular weight excluding hydrogens is 362 g/mol. The van der Waals surface area contributed by atoms with E-state index in [1.54, 1.807) is 4.90 Å². The Hall–Kier alpha value is -3.41. The molecule has 1 aliphatic heterocycles. The summed E-state index contributed by atoms with van der Waals surface area (Å²) in [6, 6.07) is 22.6. The highest BCUT2D eigenvalue weighted by atomic mass is 16.1. The predicted molar refractivity (Wildman–Crippen MR) is 115 cm³/mol. The molecule has 29 heavy (non-hydrogen) atoms. The highest BCUT2D eigenvalue weighted by Crippen LogP contribution is 2.27. The van der Waals surface area contributed by atoms with Crippen LogP contribution in [0.15, 0.2) is 66.7 Å². The van der Waals surface area contributed by atoms with Crippen LogP contribution >= 0.6 is 0 Å². The number of aromatic nitrogens is 2. The van der Waals surface area contributed by atoms with Crippen molar-refractivity contribution in [2.75, 3.05) is 36.0 Å². The molecule has 6 heteroatoms. The van der Waals surface area contributed by atoms with E-state index in [4.69, 9.17) is 9.97 Å². The second kappa shape index (κ2) is 8.73. The Morgan fingerprint density at radius 3 is 2.24 bits per heavy atom. The predicted octanol–water partition coefficient (Wildman–Crippen LogP) is 3.40. The zero-order chi connectivity index (χ0) is 20.1. The van der Waals surface area contributed by atoms with Gasteiger partial charge >= 0.3 is 0 Å². The van der Waals surface area contributed by atoms with Crippen LogP contribution in [-0.4, -0.2) is 47.5 Å². The van der Waals surface area contributed by atoms with Crippen LogP contribution in [-0.2, 0) is 11.3 Å². The Kier molecular flexibility index (Phi) is 5.70. The van der Waals surface area contributed by atoms with E-state index < -0.39 is 0 Å². The molecule has 1 fully saturated rings. The standard InChI is InChI=1S/C23H25N5O/c1-19-16-22(27-14-12-26(18-29)13-15-27)25-23(24-19)28(21-10-6-3-7-11-21)17-20-8-4-2-5-9-20/h2-11,16,18H,12-15,17H2,1H3. The molecule has 0 saturated carbocycles. The number of para-hydroxylation sites is 1. The molecule has 6 nitrogen and oxygen atoms in total. The first-order valence-corrected chi connectivity index (χ1v) is 9.89. The van der Waals surface area contributed by atoms with Gasteiger partial charge in [-0.2, -0.15) is 4.98 Å². The summed E-state index contributed by atoms with van der Waals surface area (Å²) in [7, 11) is 0. The van der Waals surface area contributed by atoms with Gasteiger partial charge in [0.25, 0.3) is 0 Å². The number of carbonyl (C=O) groups excluding carboxylic acids is 1. The summed E-state index contributed by atoms with van der Waals surface area (Å²) >= 11 is 0. The lowest BCUT2D eigenvalue weighted by atomic mass is 10.2. The fraction of sp³-hybridized carbons (Fsp3) is 0.261. The van der Waals surface area contributed by atoms with Gasteiger partial charge in [0.1, 0.15) is 5.82 Å². The number of anilines is 3. The lowest BCUT2D eigenvalue weighted by molar-refractivity contribution is -0.118. The van der Waals surface area contributed by atoms with Crippen LogP contribution < -0.4 is 9.80 Å². The van der Waals surface area contributed by atoms with Crippen LogP contribution in [0.3, 0.4) is 0 Å². The fourth-order valence-electron chi connectivity index (χ4n) is 3.53. The topological polar surface area (TPSA) is 52.6 Å². The van der Waals surface area contributed by atoms with Gasteiger partial charge in [-0.25, -0.2) is 4.98 Å². The molecule has 1 aromatic heterocycles. The van der Waals surface area contributed by atoms with Gasteiger partial charge < -0.3 is 14.7 Å². The molecule has 4 rings (SSSR count). The maximum Gasteiger partial charge on any atom is 0.232 e. The van der Waals surface area contributed by atoms with E-state index in [9.17, 15) is 4.79 Å². The zero-order valence-electron chi connectivity index (χ0n) is 16.6. The highest BCUT2D eigenvalue weighted by molar-refractivity contribution is 5.59. The van der Waals surface area contributed by atoms with E-state index in [-0.39, 0.29) is 0 Å². The number of rotatable bonds is 6. The van der Waals surface area contributed by atoms with Gasteiger partial charge in [0, 0.05) is 43.6 Å². The average molecular weight is 387 g/mol. The van der Waals surface area contributed by atoms with E-state index in [1.165, 1.54) is 5.56 Å². The first kappa shape index (κ1) is 18.9. The van der Waals surface area contributed by atoms with Crippen LogP contribution in [0.4, 0.5) is 17.5 Å². The number of amides is 1. The molecule has 148 valence electrons. The molecule has 1 amide bonds. The van der Waals surface area contributed by atoms with Gasteiger partial charge in [0.2, 0.25) is 12.4 Å². The van der Waals surface area contributed by atoms with Crippen LogP contribution in [0.5, 0.6) is 0 Å². The Labute approximate surface area is 171 Å². The molecule has 2 heterocycles. The molecule has 0 bridgehead atoms. The summed E-state index contributed by atoms with van der Waals surface area (Å²) in [4.78, 5) is 26.9. The second-order valence-corrected chi connectivity index (χ2v) is 7.20. The van der Waals surface area contributed by atoms with E-state index in [0.29, 0.717) is 25.6 Å². The third-order valence-corrected chi connectivity index (χ3v) is 5.11. The Morgan fingerprint density at radius 2 is 1.59 bits per heavy atom. The summed E-state index contributed by atoms with van der Waals surface area (Å²) in [6.45, 7) is 5.68. The van der Waals surface area contributed by atoms with Crippen molar-refractivity contribution < 1.29 is 4.79 Å². The number of hydrogen-bond acceptors (Lipinski definition) is 5. The van der Waals surface area contributed by atoms with Crippen molar-refractivity contribution in [3.63, 3.8) is 0 Å². The van der Waals surface area contributed by atoms with Crippen molar-refractivity contribution in [3.05, 3.63) is 78.0 Å². The lowest BCUT2D eigenvalue weighted by Crippen LogP contribution is -2.46. The van der Waals surface area contributed by atoms with Gasteiger partial charge in [0.05, 0.1) is 6.54 Å². The second-order valence-electron chi connectivity index (χ2n) is 7.20. The smallest absolute Gasteiger partial charge is 0.232 e. The number of benzene rings is 2. The maximum absolute atomic E-state index is 11.0. The summed E-state index contributed by atoms with van der Waals surface area (Å²) < 4.78 is 0.